The molecular formula is C24H30Cl2N2O2S. The van der Waals surface area contributed by atoms with Crippen LogP contribution in [0.2, 0.25) is 10.0 Å². The molecule has 0 saturated carbocycles. The largest absolute Gasteiger partial charge is 0.354 e. The van der Waals surface area contributed by atoms with Gasteiger partial charge in [-0.3, -0.25) is 9.59 Å². The second kappa shape index (κ2) is 13.7. The smallest absolute Gasteiger partial charge is 0.242 e. The highest BCUT2D eigenvalue weighted by Crippen LogP contribution is 2.24. The van der Waals surface area contributed by atoms with Crippen LogP contribution in [-0.4, -0.2) is 35.1 Å². The van der Waals surface area contributed by atoms with E-state index < -0.39 is 6.04 Å². The van der Waals surface area contributed by atoms with E-state index in [0.717, 1.165) is 29.7 Å². The van der Waals surface area contributed by atoms with Crippen molar-refractivity contribution in [2.24, 2.45) is 0 Å². The number of nitrogens with zero attached hydrogens (tertiary/aromatic N) is 1. The molecule has 1 atom stereocenters. The number of halogens is 2. The number of amides is 2. The van der Waals surface area contributed by atoms with E-state index in [4.69, 9.17) is 23.2 Å². The van der Waals surface area contributed by atoms with Crippen molar-refractivity contribution in [3.8, 4) is 0 Å². The summed E-state index contributed by atoms with van der Waals surface area (Å²) in [6, 6.07) is 14.7. The molecule has 0 aliphatic rings. The third-order valence-corrected chi connectivity index (χ3v) is 6.48. The molecule has 0 spiro atoms. The van der Waals surface area contributed by atoms with Crippen LogP contribution in [-0.2, 0) is 21.9 Å². The monoisotopic (exact) mass is 480 g/mol. The number of nitrogens with one attached hydrogen (secondary N) is 1. The van der Waals surface area contributed by atoms with E-state index in [1.54, 1.807) is 28.8 Å². The van der Waals surface area contributed by atoms with Crippen LogP contribution < -0.4 is 5.32 Å². The van der Waals surface area contributed by atoms with Gasteiger partial charge in [-0.05, 0) is 36.1 Å². The van der Waals surface area contributed by atoms with Crippen LogP contribution >= 0.6 is 35.0 Å². The lowest BCUT2D eigenvalue weighted by Crippen LogP contribution is -2.49. The van der Waals surface area contributed by atoms with Gasteiger partial charge in [0.15, 0.2) is 0 Å². The summed E-state index contributed by atoms with van der Waals surface area (Å²) in [4.78, 5) is 27.7. The van der Waals surface area contributed by atoms with Crippen LogP contribution in [0.3, 0.4) is 0 Å². The molecule has 2 aromatic rings. The fraction of sp³-hybridized carbons (Fsp3) is 0.417. The van der Waals surface area contributed by atoms with Gasteiger partial charge in [0.2, 0.25) is 11.8 Å². The molecule has 2 rings (SSSR count). The number of unbranched alkanes of at least 4 members (excludes halogenated alkanes) is 1. The SMILES string of the molecule is CCCCNC(=O)[C@@H](CC)N(Cc1ccc(Cl)cc1Cl)C(=O)CSCc1ccccc1. The van der Waals surface area contributed by atoms with E-state index in [1.807, 2.05) is 43.3 Å². The van der Waals surface area contributed by atoms with E-state index in [2.05, 4.69) is 12.2 Å². The van der Waals surface area contributed by atoms with Gasteiger partial charge >= 0.3 is 0 Å². The van der Waals surface area contributed by atoms with Gasteiger partial charge in [-0.15, -0.1) is 11.8 Å². The van der Waals surface area contributed by atoms with Crippen molar-refractivity contribution in [1.29, 1.82) is 0 Å². The highest BCUT2D eigenvalue weighted by molar-refractivity contribution is 7.99. The highest BCUT2D eigenvalue weighted by Gasteiger charge is 2.28. The van der Waals surface area contributed by atoms with Crippen molar-refractivity contribution in [1.82, 2.24) is 10.2 Å². The Morgan fingerprint density at radius 2 is 1.84 bits per heavy atom. The van der Waals surface area contributed by atoms with Crippen molar-refractivity contribution in [2.45, 2.75) is 51.4 Å². The van der Waals surface area contributed by atoms with Crippen molar-refractivity contribution in [3.05, 3.63) is 69.7 Å². The molecule has 0 bridgehead atoms. The Balaban J connectivity index is 2.14. The molecule has 1 N–H and O–H groups in total. The Labute approximate surface area is 199 Å². The predicted octanol–water partition coefficient (Wildman–Crippen LogP) is 5.95. The van der Waals surface area contributed by atoms with E-state index in [1.165, 1.54) is 0 Å². The van der Waals surface area contributed by atoms with Crippen LogP contribution in [0, 0.1) is 0 Å². The molecule has 0 aromatic heterocycles. The quantitative estimate of drug-likeness (QED) is 0.381. The minimum absolute atomic E-state index is 0.0792. The van der Waals surface area contributed by atoms with E-state index in [0.29, 0.717) is 28.8 Å². The number of hydrogen-bond acceptors (Lipinski definition) is 3. The van der Waals surface area contributed by atoms with Crippen molar-refractivity contribution in [2.75, 3.05) is 12.3 Å². The van der Waals surface area contributed by atoms with Crippen LogP contribution in [0.1, 0.15) is 44.2 Å². The van der Waals surface area contributed by atoms with Crippen molar-refractivity contribution in [3.63, 3.8) is 0 Å². The lowest BCUT2D eigenvalue weighted by Gasteiger charge is -2.31. The zero-order valence-corrected chi connectivity index (χ0v) is 20.4. The van der Waals surface area contributed by atoms with Crippen LogP contribution in [0.4, 0.5) is 0 Å². The Hall–Kier alpha value is -1.69. The first-order valence-electron chi connectivity index (χ1n) is 10.6. The highest BCUT2D eigenvalue weighted by atomic mass is 35.5. The molecule has 0 saturated heterocycles. The van der Waals surface area contributed by atoms with E-state index in [-0.39, 0.29) is 18.4 Å². The first kappa shape index (κ1) is 25.6. The first-order chi connectivity index (χ1) is 15.0. The minimum Gasteiger partial charge on any atom is -0.354 e. The van der Waals surface area contributed by atoms with Gasteiger partial charge in [-0.1, -0.05) is 79.9 Å². The summed E-state index contributed by atoms with van der Waals surface area (Å²) < 4.78 is 0. The van der Waals surface area contributed by atoms with Crippen molar-refractivity contribution >= 4 is 46.8 Å². The van der Waals surface area contributed by atoms with Crippen LogP contribution in [0.5, 0.6) is 0 Å². The Morgan fingerprint density at radius 3 is 2.48 bits per heavy atom. The molecule has 0 aliphatic carbocycles. The molecule has 7 heteroatoms. The average molecular weight is 481 g/mol. The summed E-state index contributed by atoms with van der Waals surface area (Å²) in [6.07, 6.45) is 2.43. The topological polar surface area (TPSA) is 49.4 Å². The molecule has 168 valence electrons. The number of hydrogen-bond donors (Lipinski definition) is 1. The molecular weight excluding hydrogens is 451 g/mol. The zero-order chi connectivity index (χ0) is 22.6. The number of carbonyl (C=O) groups is 2. The third-order valence-electron chi connectivity index (χ3n) is 4.91. The predicted molar refractivity (Wildman–Crippen MR) is 132 cm³/mol. The third kappa shape index (κ3) is 8.40. The molecule has 0 aliphatic heterocycles. The summed E-state index contributed by atoms with van der Waals surface area (Å²) in [7, 11) is 0. The zero-order valence-electron chi connectivity index (χ0n) is 18.1. The van der Waals surface area contributed by atoms with Gasteiger partial charge in [0.25, 0.3) is 0 Å². The first-order valence-corrected chi connectivity index (χ1v) is 12.5. The second-order valence-electron chi connectivity index (χ2n) is 7.30. The molecule has 2 amide bonds. The lowest BCUT2D eigenvalue weighted by atomic mass is 10.1. The summed E-state index contributed by atoms with van der Waals surface area (Å²) in [5.41, 5.74) is 1.93. The number of thioether (sulfide) groups is 1. The number of rotatable bonds is 12. The fourth-order valence-electron chi connectivity index (χ4n) is 3.17. The molecule has 0 heterocycles. The average Bonchev–Trinajstić information content (AvgIpc) is 2.76. The molecule has 0 radical (unpaired) electrons. The maximum atomic E-state index is 13.2. The van der Waals surface area contributed by atoms with Gasteiger partial charge in [-0.25, -0.2) is 0 Å². The Kier molecular flexibility index (Phi) is 11.3. The summed E-state index contributed by atoms with van der Waals surface area (Å²) in [5.74, 6) is 0.826. The molecule has 0 fully saturated rings. The van der Waals surface area contributed by atoms with Gasteiger partial charge in [0.1, 0.15) is 6.04 Å². The molecule has 4 nitrogen and oxygen atoms in total. The normalized spacial score (nSPS) is 11.7. The van der Waals surface area contributed by atoms with Gasteiger partial charge in [0.05, 0.1) is 5.75 Å². The fourth-order valence-corrected chi connectivity index (χ4v) is 4.51. The molecule has 0 unspecified atom stereocenters. The van der Waals surface area contributed by atoms with E-state index in [9.17, 15) is 9.59 Å². The summed E-state index contributed by atoms with van der Waals surface area (Å²) in [5, 5.41) is 3.99. The Bertz CT molecular complexity index is 849. The molecule has 31 heavy (non-hydrogen) atoms. The standard InChI is InChI=1S/C24H30Cl2N2O2S/c1-3-5-13-27-24(30)22(4-2)28(15-19-11-12-20(25)14-21(19)26)23(29)17-31-16-18-9-7-6-8-10-18/h6-12,14,22H,3-5,13,15-17H2,1-2H3,(H,27,30)/t22-/m1/s1. The summed E-state index contributed by atoms with van der Waals surface area (Å²) >= 11 is 13.9. The number of carbonyl (C=O) groups excluding carboxylic acids is 2. The van der Waals surface area contributed by atoms with E-state index >= 15 is 0 Å². The van der Waals surface area contributed by atoms with Crippen molar-refractivity contribution < 1.29 is 9.59 Å². The maximum Gasteiger partial charge on any atom is 0.242 e. The van der Waals surface area contributed by atoms with Crippen LogP contribution in [0.25, 0.3) is 0 Å². The summed E-state index contributed by atoms with van der Waals surface area (Å²) in [6.45, 7) is 4.87. The maximum absolute atomic E-state index is 13.2. The Morgan fingerprint density at radius 1 is 1.10 bits per heavy atom. The minimum atomic E-state index is -0.548. The molecule has 2 aromatic carbocycles. The van der Waals surface area contributed by atoms with Crippen LogP contribution in [0.15, 0.2) is 48.5 Å². The lowest BCUT2D eigenvalue weighted by molar-refractivity contribution is -0.139. The van der Waals surface area contributed by atoms with Gasteiger partial charge < -0.3 is 10.2 Å². The number of benzene rings is 2. The second-order valence-corrected chi connectivity index (χ2v) is 9.13. The van der Waals surface area contributed by atoms with Gasteiger partial charge in [0, 0.05) is 28.9 Å². The van der Waals surface area contributed by atoms with Gasteiger partial charge in [-0.2, -0.15) is 0 Å².